The molecule has 2 atom stereocenters. The first-order chi connectivity index (χ1) is 11.4. The molecule has 2 rings (SSSR count). The van der Waals surface area contributed by atoms with E-state index >= 15 is 0 Å². The normalized spacial score (nSPS) is 14.1. The molecular weight excluding hydrogens is 322 g/mol. The summed E-state index contributed by atoms with van der Waals surface area (Å²) in [5.74, 6) is 0.0663. The van der Waals surface area contributed by atoms with E-state index in [0.717, 1.165) is 12.0 Å². The van der Waals surface area contributed by atoms with E-state index < -0.39 is 10.0 Å². The van der Waals surface area contributed by atoms with Crippen LogP contribution in [0, 0.1) is 0 Å². The second kappa shape index (κ2) is 8.26. The summed E-state index contributed by atoms with van der Waals surface area (Å²) >= 11 is 0. The molecule has 24 heavy (non-hydrogen) atoms. The maximum atomic E-state index is 11.6. The van der Waals surface area contributed by atoms with Crippen LogP contribution in [0.4, 0.5) is 5.69 Å². The van der Waals surface area contributed by atoms with Crippen molar-refractivity contribution in [3.8, 4) is 0 Å². The number of rotatable bonds is 8. The van der Waals surface area contributed by atoms with Crippen LogP contribution in [0.1, 0.15) is 50.4 Å². The van der Waals surface area contributed by atoms with Crippen molar-refractivity contribution in [1.29, 1.82) is 0 Å². The van der Waals surface area contributed by atoms with Gasteiger partial charge < -0.3 is 5.32 Å². The van der Waals surface area contributed by atoms with Crippen LogP contribution in [0.5, 0.6) is 0 Å². The van der Waals surface area contributed by atoms with Crippen LogP contribution >= 0.6 is 0 Å². The molecule has 0 unspecified atom stereocenters. The number of pyridine rings is 1. The Balaban J connectivity index is 2.05. The van der Waals surface area contributed by atoms with Crippen LogP contribution in [0.15, 0.2) is 48.8 Å². The molecule has 0 aliphatic carbocycles. The van der Waals surface area contributed by atoms with Crippen molar-refractivity contribution >= 4 is 15.7 Å². The van der Waals surface area contributed by atoms with Crippen LogP contribution in [0.3, 0.4) is 0 Å². The lowest BCUT2D eigenvalue weighted by molar-refractivity contribution is 0.456. The van der Waals surface area contributed by atoms with Crippen molar-refractivity contribution in [2.75, 3.05) is 10.5 Å². The maximum Gasteiger partial charge on any atom is 0.232 e. The molecule has 0 aliphatic rings. The lowest BCUT2D eigenvalue weighted by atomic mass is 10.0. The minimum Gasteiger partial charge on any atom is -0.303 e. The van der Waals surface area contributed by atoms with E-state index in [-0.39, 0.29) is 17.8 Å². The summed E-state index contributed by atoms with van der Waals surface area (Å²) in [6.45, 7) is 5.87. The number of anilines is 1. The van der Waals surface area contributed by atoms with Gasteiger partial charge in [-0.2, -0.15) is 0 Å². The van der Waals surface area contributed by atoms with E-state index in [9.17, 15) is 8.42 Å². The second-order valence-electron chi connectivity index (χ2n) is 5.76. The van der Waals surface area contributed by atoms with Crippen molar-refractivity contribution < 1.29 is 8.42 Å². The van der Waals surface area contributed by atoms with Crippen LogP contribution < -0.4 is 10.0 Å². The molecule has 2 N–H and O–H groups in total. The SMILES string of the molecule is CC[C@@H](N[C@H](C)c1ccc(NS(=O)(=O)CC)cc1)c1ccncc1. The van der Waals surface area contributed by atoms with E-state index in [1.165, 1.54) is 5.56 Å². The molecule has 5 nitrogen and oxygen atoms in total. The van der Waals surface area contributed by atoms with Gasteiger partial charge in [-0.1, -0.05) is 19.1 Å². The molecule has 0 saturated carbocycles. The standard InChI is InChI=1S/C18H25N3O2S/c1-4-18(16-10-12-19-13-11-16)20-14(3)15-6-8-17(9-7-15)21-24(22,23)5-2/h6-14,18,20-21H,4-5H2,1-3H3/t14-,18-/m1/s1. The summed E-state index contributed by atoms with van der Waals surface area (Å²) in [4.78, 5) is 4.06. The van der Waals surface area contributed by atoms with Gasteiger partial charge in [0.2, 0.25) is 10.0 Å². The Hall–Kier alpha value is -1.92. The number of hydrogen-bond acceptors (Lipinski definition) is 4. The summed E-state index contributed by atoms with van der Waals surface area (Å²) in [6.07, 6.45) is 4.58. The predicted octanol–water partition coefficient (Wildman–Crippen LogP) is 3.65. The van der Waals surface area contributed by atoms with Gasteiger partial charge in [0.15, 0.2) is 0 Å². The van der Waals surface area contributed by atoms with Gasteiger partial charge in [-0.3, -0.25) is 9.71 Å². The van der Waals surface area contributed by atoms with E-state index in [0.29, 0.717) is 5.69 Å². The van der Waals surface area contributed by atoms with E-state index in [4.69, 9.17) is 0 Å². The molecule has 0 saturated heterocycles. The molecule has 6 heteroatoms. The third kappa shape index (κ3) is 5.04. The fourth-order valence-electron chi connectivity index (χ4n) is 2.54. The molecule has 1 heterocycles. The third-order valence-electron chi connectivity index (χ3n) is 4.03. The second-order valence-corrected chi connectivity index (χ2v) is 7.77. The quantitative estimate of drug-likeness (QED) is 0.765. The zero-order valence-corrected chi connectivity index (χ0v) is 15.2. The van der Waals surface area contributed by atoms with Crippen molar-refractivity contribution in [1.82, 2.24) is 10.3 Å². The molecule has 0 fully saturated rings. The van der Waals surface area contributed by atoms with Gasteiger partial charge in [0.1, 0.15) is 0 Å². The summed E-state index contributed by atoms with van der Waals surface area (Å²) in [7, 11) is -3.24. The number of aromatic nitrogens is 1. The molecule has 0 aliphatic heterocycles. The average Bonchev–Trinajstić information content (AvgIpc) is 2.60. The molecule has 2 aromatic rings. The lowest BCUT2D eigenvalue weighted by Gasteiger charge is -2.23. The molecule has 0 bridgehead atoms. The Bertz CT molecular complexity index is 731. The number of hydrogen-bond donors (Lipinski definition) is 2. The molecule has 0 amide bonds. The first kappa shape index (κ1) is 18.4. The maximum absolute atomic E-state index is 11.6. The third-order valence-corrected chi connectivity index (χ3v) is 5.34. The Morgan fingerprint density at radius 3 is 2.17 bits per heavy atom. The van der Waals surface area contributed by atoms with Crippen LogP contribution in [-0.2, 0) is 10.0 Å². The minimum absolute atomic E-state index is 0.0663. The van der Waals surface area contributed by atoms with Gasteiger partial charge in [-0.05, 0) is 55.7 Å². The topological polar surface area (TPSA) is 71.1 Å². The lowest BCUT2D eigenvalue weighted by Crippen LogP contribution is -2.24. The van der Waals surface area contributed by atoms with E-state index in [2.05, 4.69) is 28.9 Å². The number of nitrogens with one attached hydrogen (secondary N) is 2. The van der Waals surface area contributed by atoms with E-state index in [1.54, 1.807) is 31.5 Å². The highest BCUT2D eigenvalue weighted by atomic mass is 32.2. The van der Waals surface area contributed by atoms with Crippen LogP contribution in [0.2, 0.25) is 0 Å². The number of nitrogens with zero attached hydrogens (tertiary/aromatic N) is 1. The smallest absolute Gasteiger partial charge is 0.232 e. The molecule has 130 valence electrons. The Labute approximate surface area is 144 Å². The highest BCUT2D eigenvalue weighted by molar-refractivity contribution is 7.92. The van der Waals surface area contributed by atoms with Crippen molar-refractivity contribution in [2.45, 2.75) is 39.3 Å². The minimum atomic E-state index is -3.24. The summed E-state index contributed by atoms with van der Waals surface area (Å²) in [6, 6.07) is 11.9. The van der Waals surface area contributed by atoms with Crippen molar-refractivity contribution in [3.05, 3.63) is 59.9 Å². The zero-order chi connectivity index (χ0) is 17.6. The highest BCUT2D eigenvalue weighted by Gasteiger charge is 2.14. The summed E-state index contributed by atoms with van der Waals surface area (Å²) in [5.41, 5.74) is 2.92. The first-order valence-corrected chi connectivity index (χ1v) is 9.86. The van der Waals surface area contributed by atoms with Crippen molar-refractivity contribution in [3.63, 3.8) is 0 Å². The molecular formula is C18H25N3O2S. The number of benzene rings is 1. The molecule has 1 aromatic carbocycles. The monoisotopic (exact) mass is 347 g/mol. The van der Waals surface area contributed by atoms with Gasteiger partial charge in [0, 0.05) is 30.2 Å². The summed E-state index contributed by atoms with van der Waals surface area (Å²) < 4.78 is 25.8. The fraction of sp³-hybridized carbons (Fsp3) is 0.389. The predicted molar refractivity (Wildman–Crippen MR) is 98.3 cm³/mol. The van der Waals surface area contributed by atoms with Crippen LogP contribution in [-0.4, -0.2) is 19.2 Å². The van der Waals surface area contributed by atoms with Crippen molar-refractivity contribution in [2.24, 2.45) is 0 Å². The van der Waals surface area contributed by atoms with Gasteiger partial charge in [-0.25, -0.2) is 8.42 Å². The fourth-order valence-corrected chi connectivity index (χ4v) is 3.17. The van der Waals surface area contributed by atoms with Gasteiger partial charge in [0.05, 0.1) is 5.75 Å². The van der Waals surface area contributed by atoms with Gasteiger partial charge >= 0.3 is 0 Å². The Kier molecular flexibility index (Phi) is 6.34. The number of sulfonamides is 1. The van der Waals surface area contributed by atoms with Crippen LogP contribution in [0.25, 0.3) is 0 Å². The van der Waals surface area contributed by atoms with E-state index in [1.807, 2.05) is 24.3 Å². The van der Waals surface area contributed by atoms with Gasteiger partial charge in [0.25, 0.3) is 0 Å². The largest absolute Gasteiger partial charge is 0.303 e. The van der Waals surface area contributed by atoms with Gasteiger partial charge in [-0.15, -0.1) is 0 Å². The zero-order valence-electron chi connectivity index (χ0n) is 14.4. The Morgan fingerprint density at radius 1 is 1.00 bits per heavy atom. The first-order valence-electron chi connectivity index (χ1n) is 8.21. The molecule has 0 radical (unpaired) electrons. The Morgan fingerprint density at radius 2 is 1.62 bits per heavy atom. The average molecular weight is 347 g/mol. The highest BCUT2D eigenvalue weighted by Crippen LogP contribution is 2.23. The molecule has 1 aromatic heterocycles. The molecule has 0 spiro atoms. The summed E-state index contributed by atoms with van der Waals surface area (Å²) in [5, 5.41) is 3.61.